The molecule has 11 atom stereocenters. The summed E-state index contributed by atoms with van der Waals surface area (Å²) in [6.45, 7) is 14.5. The van der Waals surface area contributed by atoms with Gasteiger partial charge >= 0.3 is 29.8 Å². The fourth-order valence-electron chi connectivity index (χ4n) is 11.0. The van der Waals surface area contributed by atoms with E-state index in [1.165, 1.54) is 47.8 Å². The van der Waals surface area contributed by atoms with Gasteiger partial charge in [0, 0.05) is 78.6 Å². The van der Waals surface area contributed by atoms with E-state index in [-0.39, 0.29) is 67.1 Å². The summed E-state index contributed by atoms with van der Waals surface area (Å²) in [5.74, 6) is -2.60. The molecule has 360 valence electrons. The molecular formula is C47H72O16Si. The third kappa shape index (κ3) is 11.7. The first-order valence-corrected chi connectivity index (χ1v) is 26.9. The zero-order chi connectivity index (χ0) is 46.5. The van der Waals surface area contributed by atoms with Crippen molar-refractivity contribution in [2.45, 2.75) is 227 Å². The van der Waals surface area contributed by atoms with Gasteiger partial charge in [0.1, 0.15) is 23.9 Å². The number of allylic oxidation sites excluding steroid dienone is 1. The first kappa shape index (κ1) is 50.2. The number of carbonyl (C=O) groups excluding carboxylic acids is 5. The molecule has 16 nitrogen and oxygen atoms in total. The molecule has 8 rings (SSSR count). The molecule has 4 aliphatic carbocycles. The lowest BCUT2D eigenvalue weighted by Gasteiger charge is -2.37. The Kier molecular flexibility index (Phi) is 16.3. The van der Waals surface area contributed by atoms with Gasteiger partial charge in [-0.25, -0.2) is 0 Å². The van der Waals surface area contributed by atoms with Crippen LogP contribution in [0.4, 0.5) is 0 Å². The first-order chi connectivity index (χ1) is 30.3. The highest BCUT2D eigenvalue weighted by atomic mass is 28.3. The van der Waals surface area contributed by atoms with Crippen LogP contribution in [0.1, 0.15) is 130 Å². The third-order valence-corrected chi connectivity index (χ3v) is 16.6. The van der Waals surface area contributed by atoms with Gasteiger partial charge in [0.2, 0.25) is 6.29 Å². The van der Waals surface area contributed by atoms with Crippen molar-refractivity contribution in [1.82, 2.24) is 0 Å². The second kappa shape index (κ2) is 20.8. The molecule has 4 bridgehead atoms. The molecule has 64 heavy (non-hydrogen) atoms. The van der Waals surface area contributed by atoms with Crippen LogP contribution < -0.4 is 0 Å². The third-order valence-electron chi connectivity index (χ3n) is 14.0. The number of hydrogen-bond acceptors (Lipinski definition) is 16. The number of ether oxygens (including phenoxy) is 11. The van der Waals surface area contributed by atoms with Crippen LogP contribution in [-0.4, -0.2) is 124 Å². The van der Waals surface area contributed by atoms with Crippen molar-refractivity contribution in [1.29, 1.82) is 0 Å². The van der Waals surface area contributed by atoms with Crippen LogP contribution in [-0.2, 0) is 76.1 Å². The molecule has 8 fully saturated rings. The summed E-state index contributed by atoms with van der Waals surface area (Å²) < 4.78 is 63.7. The summed E-state index contributed by atoms with van der Waals surface area (Å²) in [6.07, 6.45) is 17.2. The van der Waals surface area contributed by atoms with Crippen molar-refractivity contribution in [3.05, 3.63) is 24.8 Å². The van der Waals surface area contributed by atoms with Gasteiger partial charge in [-0.1, -0.05) is 50.7 Å². The first-order valence-electron chi connectivity index (χ1n) is 23.3. The number of rotatable bonds is 11. The van der Waals surface area contributed by atoms with Gasteiger partial charge in [-0.05, 0) is 37.6 Å². The van der Waals surface area contributed by atoms with Crippen LogP contribution in [0.15, 0.2) is 24.8 Å². The molecule has 4 saturated heterocycles. The molecule has 4 unspecified atom stereocenters. The summed E-state index contributed by atoms with van der Waals surface area (Å²) >= 11 is 0. The van der Waals surface area contributed by atoms with Crippen molar-refractivity contribution in [2.75, 3.05) is 14.2 Å². The summed E-state index contributed by atoms with van der Waals surface area (Å²) in [6, 6.07) is 0. The fraction of sp³-hybridized carbons (Fsp3) is 0.809. The highest BCUT2D eigenvalue weighted by Crippen LogP contribution is 2.55. The molecule has 0 aromatic carbocycles. The predicted octanol–water partition coefficient (Wildman–Crippen LogP) is 7.06. The van der Waals surface area contributed by atoms with Crippen LogP contribution in [0.2, 0.25) is 25.2 Å². The second-order valence-electron chi connectivity index (χ2n) is 19.8. The number of hydrogen-bond donors (Lipinski definition) is 0. The molecular weight excluding hydrogens is 849 g/mol. The molecule has 0 aromatic rings. The van der Waals surface area contributed by atoms with E-state index in [1.54, 1.807) is 6.08 Å². The Labute approximate surface area is 379 Å². The standard InChI is InChI=1S/C21H30O7.C17H24O7.C9H18O2Si/c1-14(22)26-20-12-15(25-17(20)8-4-5-9-18(23)24-2)19-16(13-20)27-21(28-19)10-6-3-7-11-21;1-10(18)20-15-16(22-11(2)19)8-12(21-15)14-13(9-16)23-17(24-14)6-4-3-5-7-17;1-6-8(12(3,4)5)7-9(10)11-2/h4-5,15-17,19H,3,6-13H2,1-2H3;12-15H,3-9H2,1-2H3;6,8H,1,7H2,2-5H3/b5-4+;;/t15-,16-,17+,19?,20-;12-,13-,14?,15?,16-;/m11./s1. The molecule has 8 aliphatic rings. The Morgan fingerprint density at radius 2 is 1.12 bits per heavy atom. The van der Waals surface area contributed by atoms with Gasteiger partial charge in [-0.3, -0.25) is 24.0 Å². The van der Waals surface area contributed by atoms with E-state index in [0.717, 1.165) is 51.4 Å². The van der Waals surface area contributed by atoms with Crippen molar-refractivity contribution in [2.24, 2.45) is 0 Å². The van der Waals surface area contributed by atoms with Crippen molar-refractivity contribution >= 4 is 37.9 Å². The highest BCUT2D eigenvalue weighted by Gasteiger charge is 2.67. The van der Waals surface area contributed by atoms with Gasteiger partial charge in [-0.2, -0.15) is 0 Å². The van der Waals surface area contributed by atoms with Crippen molar-refractivity contribution in [3.8, 4) is 0 Å². The molecule has 0 N–H and O–H groups in total. The zero-order valence-electron chi connectivity index (χ0n) is 39.2. The topological polar surface area (TPSA) is 187 Å². The molecule has 0 aromatic heterocycles. The molecule has 4 heterocycles. The lowest BCUT2D eigenvalue weighted by atomic mass is 9.78. The van der Waals surface area contributed by atoms with Gasteiger partial charge in [-0.15, -0.1) is 6.58 Å². The number of methoxy groups -OCH3 is 2. The summed E-state index contributed by atoms with van der Waals surface area (Å²) in [5, 5.41) is 0. The number of esters is 5. The monoisotopic (exact) mass is 920 g/mol. The smallest absolute Gasteiger partial charge is 0.309 e. The lowest BCUT2D eigenvalue weighted by Crippen LogP contribution is -2.51. The Balaban J connectivity index is 0.000000172. The van der Waals surface area contributed by atoms with E-state index in [0.29, 0.717) is 44.1 Å². The van der Waals surface area contributed by atoms with Crippen LogP contribution in [0, 0.1) is 0 Å². The van der Waals surface area contributed by atoms with E-state index >= 15 is 0 Å². The van der Waals surface area contributed by atoms with Gasteiger partial charge in [0.15, 0.2) is 17.2 Å². The summed E-state index contributed by atoms with van der Waals surface area (Å²) in [5.41, 5.74) is -1.35. The molecule has 2 spiro atoms. The van der Waals surface area contributed by atoms with Crippen LogP contribution in [0.25, 0.3) is 0 Å². The Bertz CT molecular complexity index is 1720. The Hall–Kier alpha value is -3.19. The second-order valence-corrected chi connectivity index (χ2v) is 25.3. The van der Waals surface area contributed by atoms with E-state index in [1.807, 2.05) is 12.2 Å². The SMILES string of the molecule is C=CC(CC(=O)OC)[Si](C)(C)C.CC(=O)OC1O[C@@H]2C[C@@]1(OC(C)=O)C[C@H]1OC3(CCCCC3)OC21.COC(=O)C/C=C/C[C@@H]1O[C@@H]2C[C@@]1(OC(C)=O)C[C@H]1OC3(CCCCC3)OC21. The molecule has 0 radical (unpaired) electrons. The van der Waals surface area contributed by atoms with E-state index in [2.05, 4.69) is 35.7 Å². The highest BCUT2D eigenvalue weighted by molar-refractivity contribution is 6.78. The minimum absolute atomic E-state index is 0.106. The van der Waals surface area contributed by atoms with E-state index < -0.39 is 49.1 Å². The van der Waals surface area contributed by atoms with Crippen molar-refractivity contribution in [3.63, 3.8) is 0 Å². The molecule has 4 saturated carbocycles. The summed E-state index contributed by atoms with van der Waals surface area (Å²) in [4.78, 5) is 57.1. The minimum Gasteiger partial charge on any atom is -0.469 e. The maximum absolute atomic E-state index is 11.9. The van der Waals surface area contributed by atoms with E-state index in [9.17, 15) is 24.0 Å². The molecule has 0 amide bonds. The maximum atomic E-state index is 11.9. The maximum Gasteiger partial charge on any atom is 0.309 e. The van der Waals surface area contributed by atoms with E-state index in [4.69, 9.17) is 42.6 Å². The Morgan fingerprint density at radius 3 is 1.61 bits per heavy atom. The fourth-order valence-corrected chi connectivity index (χ4v) is 12.5. The normalized spacial score (nSPS) is 35.4. The molecule has 4 aliphatic heterocycles. The minimum atomic E-state index is -1.28. The summed E-state index contributed by atoms with van der Waals surface area (Å²) in [7, 11) is 1.51. The Morgan fingerprint density at radius 1 is 0.641 bits per heavy atom. The number of fused-ring (bicyclic) bond motifs is 8. The average Bonchev–Trinajstić information content (AvgIpc) is 3.93. The van der Waals surface area contributed by atoms with Crippen LogP contribution in [0.5, 0.6) is 0 Å². The van der Waals surface area contributed by atoms with Gasteiger partial charge in [0.25, 0.3) is 0 Å². The quantitative estimate of drug-likeness (QED) is 0.0886. The zero-order valence-corrected chi connectivity index (χ0v) is 40.2. The largest absolute Gasteiger partial charge is 0.469 e. The lowest BCUT2D eigenvalue weighted by molar-refractivity contribution is -0.235. The van der Waals surface area contributed by atoms with Crippen LogP contribution >= 0.6 is 0 Å². The average molecular weight is 921 g/mol. The van der Waals surface area contributed by atoms with Crippen LogP contribution in [0.3, 0.4) is 0 Å². The van der Waals surface area contributed by atoms with Gasteiger partial charge in [0.05, 0.1) is 53.1 Å². The predicted molar refractivity (Wildman–Crippen MR) is 232 cm³/mol. The number of carbonyl (C=O) groups is 5. The van der Waals surface area contributed by atoms with Crippen molar-refractivity contribution < 1.29 is 76.1 Å². The van der Waals surface area contributed by atoms with Gasteiger partial charge < -0.3 is 52.1 Å². The molecule has 17 heteroatoms.